The Balaban J connectivity index is 2.48. The Bertz CT molecular complexity index is 132. The summed E-state index contributed by atoms with van der Waals surface area (Å²) in [6, 6.07) is 0. The van der Waals surface area contributed by atoms with Gasteiger partial charge in [0.25, 0.3) is 0 Å². The molecule has 1 rings (SSSR count). The highest BCUT2D eigenvalue weighted by atomic mass is 15.1. The van der Waals surface area contributed by atoms with Gasteiger partial charge in [-0.25, -0.2) is 0 Å². The van der Waals surface area contributed by atoms with E-state index < -0.39 is 0 Å². The fourth-order valence-electron chi connectivity index (χ4n) is 1.73. The Hall–Kier alpha value is -0.0800. The molecule has 2 heteroatoms. The Labute approximate surface area is 70.0 Å². The van der Waals surface area contributed by atoms with Crippen LogP contribution in [0.25, 0.3) is 0 Å². The van der Waals surface area contributed by atoms with E-state index in [-0.39, 0.29) is 0 Å². The SMILES string of the molecule is CNC(C)(C)C1CCN(C)C1. The molecule has 0 spiro atoms. The molecule has 1 fully saturated rings. The molecule has 0 aromatic heterocycles. The van der Waals surface area contributed by atoms with E-state index in [9.17, 15) is 0 Å². The monoisotopic (exact) mass is 156 g/mol. The van der Waals surface area contributed by atoms with Crippen LogP contribution in [-0.2, 0) is 0 Å². The molecule has 1 saturated heterocycles. The molecule has 0 aliphatic carbocycles. The second-order valence-electron chi connectivity index (χ2n) is 4.22. The highest BCUT2D eigenvalue weighted by Gasteiger charge is 2.32. The molecule has 0 radical (unpaired) electrons. The molecule has 11 heavy (non-hydrogen) atoms. The molecule has 0 saturated carbocycles. The number of likely N-dealkylation sites (tertiary alicyclic amines) is 1. The Morgan fingerprint density at radius 1 is 1.45 bits per heavy atom. The van der Waals surface area contributed by atoms with Gasteiger partial charge in [-0.05, 0) is 46.8 Å². The normalized spacial score (nSPS) is 27.8. The number of nitrogens with one attached hydrogen (secondary N) is 1. The molecule has 1 N–H and O–H groups in total. The lowest BCUT2D eigenvalue weighted by atomic mass is 9.87. The molecule has 0 aromatic rings. The minimum absolute atomic E-state index is 0.310. The van der Waals surface area contributed by atoms with E-state index in [0.29, 0.717) is 5.54 Å². The molecule has 0 bridgehead atoms. The lowest BCUT2D eigenvalue weighted by Crippen LogP contribution is -2.44. The maximum atomic E-state index is 3.38. The van der Waals surface area contributed by atoms with E-state index in [1.165, 1.54) is 19.5 Å². The van der Waals surface area contributed by atoms with E-state index in [4.69, 9.17) is 0 Å². The fraction of sp³-hybridized carbons (Fsp3) is 1.00. The Kier molecular flexibility index (Phi) is 2.55. The Morgan fingerprint density at radius 3 is 2.45 bits per heavy atom. The van der Waals surface area contributed by atoms with Crippen molar-refractivity contribution in [1.29, 1.82) is 0 Å². The van der Waals surface area contributed by atoms with Gasteiger partial charge in [0.15, 0.2) is 0 Å². The first-order valence-electron chi connectivity index (χ1n) is 4.43. The van der Waals surface area contributed by atoms with Gasteiger partial charge in [-0.3, -0.25) is 0 Å². The van der Waals surface area contributed by atoms with Gasteiger partial charge in [-0.2, -0.15) is 0 Å². The average Bonchev–Trinajstić information content (AvgIpc) is 2.36. The average molecular weight is 156 g/mol. The van der Waals surface area contributed by atoms with Crippen molar-refractivity contribution in [2.75, 3.05) is 27.2 Å². The largest absolute Gasteiger partial charge is 0.314 e. The van der Waals surface area contributed by atoms with Gasteiger partial charge in [0.05, 0.1) is 0 Å². The summed E-state index contributed by atoms with van der Waals surface area (Å²) in [6.45, 7) is 7.08. The molecule has 1 heterocycles. The van der Waals surface area contributed by atoms with Crippen LogP contribution in [-0.4, -0.2) is 37.6 Å². The number of nitrogens with zero attached hydrogens (tertiary/aromatic N) is 1. The van der Waals surface area contributed by atoms with Crippen molar-refractivity contribution in [2.24, 2.45) is 5.92 Å². The zero-order valence-corrected chi connectivity index (χ0v) is 8.15. The predicted octanol–water partition coefficient (Wildman–Crippen LogP) is 0.936. The van der Waals surface area contributed by atoms with Crippen molar-refractivity contribution in [1.82, 2.24) is 10.2 Å². The Morgan fingerprint density at radius 2 is 2.09 bits per heavy atom. The quantitative estimate of drug-likeness (QED) is 0.640. The number of hydrogen-bond acceptors (Lipinski definition) is 2. The van der Waals surface area contributed by atoms with E-state index in [2.05, 4.69) is 38.2 Å². The fourth-order valence-corrected chi connectivity index (χ4v) is 1.73. The third kappa shape index (κ3) is 1.94. The highest BCUT2D eigenvalue weighted by molar-refractivity contribution is 4.90. The molecular formula is C9H20N2. The van der Waals surface area contributed by atoms with Gasteiger partial charge in [-0.15, -0.1) is 0 Å². The summed E-state index contributed by atoms with van der Waals surface area (Å²) in [7, 11) is 4.25. The summed E-state index contributed by atoms with van der Waals surface area (Å²) in [6.07, 6.45) is 1.34. The first-order chi connectivity index (χ1) is 5.06. The lowest BCUT2D eigenvalue weighted by molar-refractivity contribution is 0.267. The van der Waals surface area contributed by atoms with Gasteiger partial charge < -0.3 is 10.2 Å². The summed E-state index contributed by atoms with van der Waals surface area (Å²) in [5.41, 5.74) is 0.310. The molecule has 2 nitrogen and oxygen atoms in total. The van der Waals surface area contributed by atoms with Crippen LogP contribution in [0.4, 0.5) is 0 Å². The van der Waals surface area contributed by atoms with Gasteiger partial charge >= 0.3 is 0 Å². The van der Waals surface area contributed by atoms with Gasteiger partial charge in [0.1, 0.15) is 0 Å². The summed E-state index contributed by atoms with van der Waals surface area (Å²) in [5.74, 6) is 0.817. The summed E-state index contributed by atoms with van der Waals surface area (Å²) in [4.78, 5) is 2.41. The summed E-state index contributed by atoms with van der Waals surface area (Å²) in [5, 5.41) is 3.38. The first kappa shape index (κ1) is 9.01. The van der Waals surface area contributed by atoms with E-state index in [1.807, 2.05) is 0 Å². The van der Waals surface area contributed by atoms with Gasteiger partial charge in [0.2, 0.25) is 0 Å². The topological polar surface area (TPSA) is 15.3 Å². The second kappa shape index (κ2) is 3.11. The molecule has 1 unspecified atom stereocenters. The van der Waals surface area contributed by atoms with Crippen LogP contribution < -0.4 is 5.32 Å². The van der Waals surface area contributed by atoms with Crippen LogP contribution in [0, 0.1) is 5.92 Å². The third-order valence-electron chi connectivity index (χ3n) is 3.06. The summed E-state index contributed by atoms with van der Waals surface area (Å²) < 4.78 is 0. The minimum atomic E-state index is 0.310. The van der Waals surface area contributed by atoms with Crippen molar-refractivity contribution >= 4 is 0 Å². The minimum Gasteiger partial charge on any atom is -0.314 e. The maximum Gasteiger partial charge on any atom is 0.0162 e. The van der Waals surface area contributed by atoms with Crippen LogP contribution >= 0.6 is 0 Å². The highest BCUT2D eigenvalue weighted by Crippen LogP contribution is 2.25. The molecule has 1 atom stereocenters. The molecule has 66 valence electrons. The van der Waals surface area contributed by atoms with Crippen molar-refractivity contribution in [3.8, 4) is 0 Å². The molecular weight excluding hydrogens is 136 g/mol. The van der Waals surface area contributed by atoms with Crippen LogP contribution in [0.3, 0.4) is 0 Å². The van der Waals surface area contributed by atoms with Crippen LogP contribution in [0.15, 0.2) is 0 Å². The predicted molar refractivity (Wildman–Crippen MR) is 48.7 cm³/mol. The number of hydrogen-bond donors (Lipinski definition) is 1. The van der Waals surface area contributed by atoms with Crippen molar-refractivity contribution in [3.05, 3.63) is 0 Å². The van der Waals surface area contributed by atoms with Crippen LogP contribution in [0.1, 0.15) is 20.3 Å². The van der Waals surface area contributed by atoms with Gasteiger partial charge in [0, 0.05) is 12.1 Å². The zero-order valence-electron chi connectivity index (χ0n) is 8.15. The zero-order chi connectivity index (χ0) is 8.48. The van der Waals surface area contributed by atoms with Crippen molar-refractivity contribution in [2.45, 2.75) is 25.8 Å². The summed E-state index contributed by atoms with van der Waals surface area (Å²) >= 11 is 0. The molecule has 0 amide bonds. The van der Waals surface area contributed by atoms with Crippen molar-refractivity contribution in [3.63, 3.8) is 0 Å². The molecule has 0 aromatic carbocycles. The van der Waals surface area contributed by atoms with Crippen molar-refractivity contribution < 1.29 is 0 Å². The van der Waals surface area contributed by atoms with E-state index in [1.54, 1.807) is 0 Å². The molecule has 1 aliphatic rings. The molecule has 1 aliphatic heterocycles. The standard InChI is InChI=1S/C9H20N2/c1-9(2,10-3)8-5-6-11(4)7-8/h8,10H,5-7H2,1-4H3. The first-order valence-corrected chi connectivity index (χ1v) is 4.43. The van der Waals surface area contributed by atoms with Crippen LogP contribution in [0.5, 0.6) is 0 Å². The maximum absolute atomic E-state index is 3.38. The smallest absolute Gasteiger partial charge is 0.0162 e. The lowest BCUT2D eigenvalue weighted by Gasteiger charge is -2.31. The van der Waals surface area contributed by atoms with Crippen LogP contribution in [0.2, 0.25) is 0 Å². The second-order valence-corrected chi connectivity index (χ2v) is 4.22. The third-order valence-corrected chi connectivity index (χ3v) is 3.06. The van der Waals surface area contributed by atoms with E-state index in [0.717, 1.165) is 5.92 Å². The van der Waals surface area contributed by atoms with Gasteiger partial charge in [-0.1, -0.05) is 0 Å². The van der Waals surface area contributed by atoms with E-state index >= 15 is 0 Å². The number of rotatable bonds is 2.